The maximum absolute atomic E-state index is 17.5. The van der Waals surface area contributed by atoms with E-state index in [2.05, 4.69) is 46.8 Å². The Morgan fingerprint density at radius 3 is 2.60 bits per heavy atom. The van der Waals surface area contributed by atoms with Crippen molar-refractivity contribution >= 4 is 44.2 Å². The summed E-state index contributed by atoms with van der Waals surface area (Å²) in [6.45, 7) is 5.29. The van der Waals surface area contributed by atoms with Gasteiger partial charge in [0.25, 0.3) is 0 Å². The molecule has 4 heterocycles. The standard InChI is InChI=1S/C39H43FN6O4/c1-22-18-42-19-31(22)46-30(12-13-32(48)49-4)38(45-20-25(21-45)44(2)3)34-37(46)29-16-24(10-8-14-41)33(35(40)36(29)43-39(34)50-5)28-17-26(47)15-23-9-6-7-11-27(23)28/h6-7,9,11,15-17,22,25,31,42,47H,8,10,12-13,18-21H2,1-5H3/t22-,31-/m1/s1. The Hall–Kier alpha value is -4.92. The Labute approximate surface area is 291 Å². The largest absolute Gasteiger partial charge is 0.508 e. The number of nitrogens with zero attached hydrogens (tertiary/aromatic N) is 5. The molecule has 2 aromatic heterocycles. The summed E-state index contributed by atoms with van der Waals surface area (Å²) in [5.74, 6) is -0.263. The number of aromatic nitrogens is 2. The third-order valence-electron chi connectivity index (χ3n) is 10.6. The van der Waals surface area contributed by atoms with Crippen molar-refractivity contribution in [2.24, 2.45) is 5.92 Å². The molecule has 0 unspecified atom stereocenters. The van der Waals surface area contributed by atoms with Gasteiger partial charge >= 0.3 is 5.97 Å². The van der Waals surface area contributed by atoms with Crippen LogP contribution < -0.4 is 15.0 Å². The number of nitrogens with one attached hydrogen (secondary N) is 1. The molecule has 2 N–H and O–H groups in total. The lowest BCUT2D eigenvalue weighted by Gasteiger charge is -2.44. The first-order chi connectivity index (χ1) is 24.2. The molecule has 11 heteroatoms. The van der Waals surface area contributed by atoms with Crippen molar-refractivity contribution in [3.8, 4) is 28.8 Å². The van der Waals surface area contributed by atoms with Crippen molar-refractivity contribution in [1.82, 2.24) is 19.8 Å². The van der Waals surface area contributed by atoms with E-state index in [1.807, 2.05) is 30.3 Å². The van der Waals surface area contributed by atoms with Crippen molar-refractivity contribution in [3.05, 3.63) is 59.5 Å². The van der Waals surface area contributed by atoms with Crippen LogP contribution in [0.15, 0.2) is 42.5 Å². The SMILES string of the molecule is COC(=O)CCc1c(N2CC(N(C)C)C2)c2c(OC)nc3c(F)c(-c4cc(O)cc5ccccc45)c(CCC#N)cc3c2n1[C@@H]1CNC[C@H]1C. The second-order valence-corrected chi connectivity index (χ2v) is 13.8. The fourth-order valence-electron chi connectivity index (χ4n) is 7.94. The molecule has 50 heavy (non-hydrogen) atoms. The Morgan fingerprint density at radius 1 is 1.14 bits per heavy atom. The summed E-state index contributed by atoms with van der Waals surface area (Å²) in [6.07, 6.45) is 1.09. The monoisotopic (exact) mass is 678 g/mol. The van der Waals surface area contributed by atoms with Gasteiger partial charge in [0.05, 0.1) is 49.3 Å². The fraction of sp³-hybridized carbons (Fsp3) is 0.410. The zero-order valence-electron chi connectivity index (χ0n) is 29.2. The van der Waals surface area contributed by atoms with Gasteiger partial charge in [-0.05, 0) is 73.1 Å². The summed E-state index contributed by atoms with van der Waals surface area (Å²) in [4.78, 5) is 22.1. The van der Waals surface area contributed by atoms with Gasteiger partial charge in [-0.15, -0.1) is 0 Å². The van der Waals surface area contributed by atoms with E-state index >= 15 is 4.39 Å². The minimum absolute atomic E-state index is 0.0143. The number of aryl methyl sites for hydroxylation is 1. The van der Waals surface area contributed by atoms with Crippen LogP contribution in [0.1, 0.15) is 37.1 Å². The van der Waals surface area contributed by atoms with Gasteiger partial charge in [0.15, 0.2) is 5.82 Å². The molecule has 260 valence electrons. The van der Waals surface area contributed by atoms with E-state index in [9.17, 15) is 15.2 Å². The van der Waals surface area contributed by atoms with Gasteiger partial charge < -0.3 is 34.3 Å². The van der Waals surface area contributed by atoms with E-state index in [1.54, 1.807) is 19.2 Å². The molecule has 0 aliphatic carbocycles. The molecule has 0 spiro atoms. The van der Waals surface area contributed by atoms with Crippen molar-refractivity contribution in [2.45, 2.75) is 44.7 Å². The summed E-state index contributed by atoms with van der Waals surface area (Å²) < 4.78 is 31.0. The van der Waals surface area contributed by atoms with Crippen LogP contribution in [0.2, 0.25) is 0 Å². The third-order valence-corrected chi connectivity index (χ3v) is 10.6. The number of methoxy groups -OCH3 is 2. The highest BCUT2D eigenvalue weighted by Gasteiger charge is 2.39. The summed E-state index contributed by atoms with van der Waals surface area (Å²) in [5.41, 5.74) is 4.38. The molecule has 2 aliphatic heterocycles. The van der Waals surface area contributed by atoms with Crippen LogP contribution in [0.4, 0.5) is 10.1 Å². The van der Waals surface area contributed by atoms with E-state index in [4.69, 9.17) is 14.5 Å². The van der Waals surface area contributed by atoms with Crippen LogP contribution >= 0.6 is 0 Å². The number of ether oxygens (including phenoxy) is 2. The average molecular weight is 679 g/mol. The highest BCUT2D eigenvalue weighted by molar-refractivity contribution is 6.14. The lowest BCUT2D eigenvalue weighted by molar-refractivity contribution is -0.140. The van der Waals surface area contributed by atoms with Gasteiger partial charge in [-0.1, -0.05) is 31.2 Å². The number of hydrogen-bond acceptors (Lipinski definition) is 9. The lowest BCUT2D eigenvalue weighted by atomic mass is 9.90. The van der Waals surface area contributed by atoms with Crippen LogP contribution in [0.5, 0.6) is 11.6 Å². The first-order valence-electron chi connectivity index (χ1n) is 17.2. The molecular weight excluding hydrogens is 635 g/mol. The number of anilines is 1. The molecular formula is C39H43FN6O4. The van der Waals surface area contributed by atoms with Crippen molar-refractivity contribution in [2.75, 3.05) is 59.4 Å². The number of carbonyl (C=O) groups excluding carboxylic acids is 1. The number of likely N-dealkylation sites (N-methyl/N-ethyl adjacent to an activating group) is 1. The summed E-state index contributed by atoms with van der Waals surface area (Å²) >= 11 is 0. The van der Waals surface area contributed by atoms with E-state index in [0.29, 0.717) is 53.4 Å². The second-order valence-electron chi connectivity index (χ2n) is 13.8. The fourth-order valence-corrected chi connectivity index (χ4v) is 7.94. The Morgan fingerprint density at radius 2 is 1.92 bits per heavy atom. The van der Waals surface area contributed by atoms with Gasteiger partial charge in [0, 0.05) is 55.2 Å². The third kappa shape index (κ3) is 5.56. The van der Waals surface area contributed by atoms with E-state index in [0.717, 1.165) is 52.7 Å². The predicted octanol–water partition coefficient (Wildman–Crippen LogP) is 5.96. The molecule has 2 fully saturated rings. The molecule has 2 atom stereocenters. The number of halogens is 1. The van der Waals surface area contributed by atoms with Crippen LogP contribution in [-0.4, -0.2) is 86.1 Å². The number of hydrogen-bond donors (Lipinski definition) is 2. The van der Waals surface area contributed by atoms with Gasteiger partial charge in [-0.2, -0.15) is 5.26 Å². The minimum atomic E-state index is -0.536. The molecule has 0 radical (unpaired) electrons. The molecule has 0 bridgehead atoms. The molecule has 10 nitrogen and oxygen atoms in total. The highest BCUT2D eigenvalue weighted by Crippen LogP contribution is 2.49. The average Bonchev–Trinajstić information content (AvgIpc) is 3.65. The summed E-state index contributed by atoms with van der Waals surface area (Å²) in [5, 5.41) is 27.0. The van der Waals surface area contributed by atoms with Gasteiger partial charge in [0.1, 0.15) is 11.3 Å². The number of fused-ring (bicyclic) bond motifs is 4. The van der Waals surface area contributed by atoms with E-state index in [-0.39, 0.29) is 42.0 Å². The first-order valence-corrected chi connectivity index (χ1v) is 17.2. The first kappa shape index (κ1) is 33.6. The quantitative estimate of drug-likeness (QED) is 0.173. The number of carbonyl (C=O) groups is 1. The van der Waals surface area contributed by atoms with E-state index < -0.39 is 5.82 Å². The Bertz CT molecular complexity index is 2170. The molecule has 7 rings (SSSR count). The smallest absolute Gasteiger partial charge is 0.305 e. The van der Waals surface area contributed by atoms with Gasteiger partial charge in [-0.25, -0.2) is 9.37 Å². The Balaban J connectivity index is 1.60. The minimum Gasteiger partial charge on any atom is -0.508 e. The number of benzene rings is 3. The summed E-state index contributed by atoms with van der Waals surface area (Å²) in [7, 11) is 7.11. The number of phenolic OH excluding ortho intramolecular Hbond substituents is 1. The maximum atomic E-state index is 17.5. The van der Waals surface area contributed by atoms with Crippen molar-refractivity contribution < 1.29 is 23.8 Å². The number of aromatic hydroxyl groups is 1. The normalized spacial score (nSPS) is 17.9. The molecule has 3 aromatic carbocycles. The predicted molar refractivity (Wildman–Crippen MR) is 193 cm³/mol. The van der Waals surface area contributed by atoms with Crippen LogP contribution in [0.3, 0.4) is 0 Å². The second kappa shape index (κ2) is 13.4. The van der Waals surface area contributed by atoms with Crippen molar-refractivity contribution in [3.63, 3.8) is 0 Å². The lowest BCUT2D eigenvalue weighted by Crippen LogP contribution is -2.57. The molecule has 0 saturated carbocycles. The molecule has 0 amide bonds. The molecule has 5 aromatic rings. The molecule has 2 aliphatic rings. The number of nitriles is 1. The highest BCUT2D eigenvalue weighted by atomic mass is 19.1. The zero-order valence-corrected chi connectivity index (χ0v) is 29.2. The number of pyridine rings is 1. The number of rotatable bonds is 10. The maximum Gasteiger partial charge on any atom is 0.305 e. The van der Waals surface area contributed by atoms with Gasteiger partial charge in [0.2, 0.25) is 5.88 Å². The number of esters is 1. The van der Waals surface area contributed by atoms with Crippen molar-refractivity contribution in [1.29, 1.82) is 5.26 Å². The number of phenols is 1. The summed E-state index contributed by atoms with van der Waals surface area (Å²) in [6, 6.07) is 15.4. The van der Waals surface area contributed by atoms with Gasteiger partial charge in [-0.3, -0.25) is 4.79 Å². The Kier molecular flexibility index (Phi) is 9.01. The van der Waals surface area contributed by atoms with Crippen LogP contribution in [0.25, 0.3) is 43.7 Å². The van der Waals surface area contributed by atoms with Crippen LogP contribution in [0, 0.1) is 23.1 Å². The zero-order chi connectivity index (χ0) is 35.3. The molecule has 2 saturated heterocycles. The van der Waals surface area contributed by atoms with E-state index in [1.165, 1.54) is 7.11 Å². The topological polar surface area (TPSA) is 116 Å². The van der Waals surface area contributed by atoms with Crippen LogP contribution in [-0.2, 0) is 22.4 Å².